The fraction of sp³-hybridized carbons (Fsp3) is 0.389. The highest BCUT2D eigenvalue weighted by molar-refractivity contribution is 5.98. The van der Waals surface area contributed by atoms with E-state index in [1.54, 1.807) is 6.07 Å². The van der Waals surface area contributed by atoms with Gasteiger partial charge in [0.2, 0.25) is 11.3 Å². The minimum absolute atomic E-state index is 0.197. The molecule has 2 aliphatic rings. The van der Waals surface area contributed by atoms with Gasteiger partial charge in [-0.3, -0.25) is 9.59 Å². The van der Waals surface area contributed by atoms with E-state index in [1.807, 2.05) is 10.6 Å². The van der Waals surface area contributed by atoms with Gasteiger partial charge >= 0.3 is 5.97 Å². The molecule has 2 atom stereocenters. The second kappa shape index (κ2) is 5.19. The Hall–Kier alpha value is -2.63. The number of aromatic nitrogens is 1. The highest BCUT2D eigenvalue weighted by Crippen LogP contribution is 2.49. The average Bonchev–Trinajstić information content (AvgIpc) is 2.84. The van der Waals surface area contributed by atoms with E-state index in [9.17, 15) is 19.5 Å². The van der Waals surface area contributed by atoms with E-state index < -0.39 is 11.4 Å². The Labute approximate surface area is 138 Å². The number of amides is 1. The minimum atomic E-state index is -1.21. The zero-order valence-corrected chi connectivity index (χ0v) is 13.3. The molecule has 1 aromatic heterocycles. The van der Waals surface area contributed by atoms with Crippen molar-refractivity contribution in [1.82, 2.24) is 4.57 Å². The molecule has 2 aromatic rings. The molecular formula is C18H18N2O4. The summed E-state index contributed by atoms with van der Waals surface area (Å²) in [5.41, 5.74) is 1.74. The summed E-state index contributed by atoms with van der Waals surface area (Å²) in [6.45, 7) is 1.42. The Morgan fingerprint density at radius 2 is 2.00 bits per heavy atom. The number of hydrogen-bond donors (Lipinski definition) is 2. The standard InChI is InChI=1S/C18H18N2O4/c1-9(21)19-10-6-12-11-4-2-3-5-15(11)20-8-14(18(23)24)17(22)13(7-10)16(12)20/h6-8,11,15H,2-5H2,1H3,(H,19,21)(H,23,24). The van der Waals surface area contributed by atoms with Crippen LogP contribution in [0.2, 0.25) is 0 Å². The molecule has 4 rings (SSSR count). The molecule has 0 spiro atoms. The average molecular weight is 326 g/mol. The number of aromatic carboxylic acids is 1. The summed E-state index contributed by atoms with van der Waals surface area (Å²) in [4.78, 5) is 35.5. The molecule has 124 valence electrons. The molecule has 24 heavy (non-hydrogen) atoms. The van der Waals surface area contributed by atoms with E-state index >= 15 is 0 Å². The van der Waals surface area contributed by atoms with Crippen molar-refractivity contribution in [2.75, 3.05) is 5.32 Å². The number of carbonyl (C=O) groups is 2. The summed E-state index contributed by atoms with van der Waals surface area (Å²) in [7, 11) is 0. The summed E-state index contributed by atoms with van der Waals surface area (Å²) >= 11 is 0. The number of benzene rings is 1. The number of pyridine rings is 1. The van der Waals surface area contributed by atoms with Gasteiger partial charge in [-0.15, -0.1) is 0 Å². The van der Waals surface area contributed by atoms with Crippen LogP contribution in [0.4, 0.5) is 5.69 Å². The van der Waals surface area contributed by atoms with Crippen molar-refractivity contribution in [3.8, 4) is 0 Å². The van der Waals surface area contributed by atoms with E-state index in [-0.39, 0.29) is 23.4 Å². The first-order valence-corrected chi connectivity index (χ1v) is 8.21. The van der Waals surface area contributed by atoms with E-state index in [2.05, 4.69) is 5.32 Å². The van der Waals surface area contributed by atoms with E-state index in [0.29, 0.717) is 11.1 Å². The summed E-state index contributed by atoms with van der Waals surface area (Å²) in [5.74, 6) is -1.15. The van der Waals surface area contributed by atoms with Crippen molar-refractivity contribution in [2.24, 2.45) is 0 Å². The SMILES string of the molecule is CC(=O)Nc1cc2c3c(c1)c(=O)c(C(=O)O)cn3C1CCCCC21. The largest absolute Gasteiger partial charge is 0.477 e. The Bertz CT molecular complexity index is 944. The monoisotopic (exact) mass is 326 g/mol. The molecule has 1 aliphatic carbocycles. The molecule has 1 aliphatic heterocycles. The first-order chi connectivity index (χ1) is 11.5. The van der Waals surface area contributed by atoms with Gasteiger partial charge in [-0.2, -0.15) is 0 Å². The highest BCUT2D eigenvalue weighted by Gasteiger charge is 2.37. The van der Waals surface area contributed by atoms with Gasteiger partial charge < -0.3 is 15.0 Å². The lowest BCUT2D eigenvalue weighted by Gasteiger charge is -2.27. The topological polar surface area (TPSA) is 88.4 Å². The maximum absolute atomic E-state index is 12.6. The van der Waals surface area contributed by atoms with Crippen molar-refractivity contribution >= 4 is 28.5 Å². The maximum Gasteiger partial charge on any atom is 0.341 e. The van der Waals surface area contributed by atoms with E-state index in [0.717, 1.165) is 36.8 Å². The lowest BCUT2D eigenvalue weighted by atomic mass is 9.82. The van der Waals surface area contributed by atoms with Crippen molar-refractivity contribution in [3.05, 3.63) is 39.7 Å². The lowest BCUT2D eigenvalue weighted by Crippen LogP contribution is -2.20. The molecule has 1 amide bonds. The van der Waals surface area contributed by atoms with Crippen LogP contribution in [0, 0.1) is 0 Å². The van der Waals surface area contributed by atoms with Gasteiger partial charge in [-0.25, -0.2) is 4.79 Å². The van der Waals surface area contributed by atoms with Gasteiger partial charge in [0.25, 0.3) is 0 Å². The van der Waals surface area contributed by atoms with Crippen molar-refractivity contribution in [3.63, 3.8) is 0 Å². The molecule has 6 nitrogen and oxygen atoms in total. The van der Waals surface area contributed by atoms with E-state index in [1.165, 1.54) is 13.1 Å². The molecule has 2 heterocycles. The molecular weight excluding hydrogens is 308 g/mol. The number of fused-ring (bicyclic) bond motifs is 3. The number of hydrogen-bond acceptors (Lipinski definition) is 3. The Kier molecular flexibility index (Phi) is 3.23. The molecule has 0 saturated heterocycles. The third-order valence-electron chi connectivity index (χ3n) is 5.19. The number of carboxylic acid groups (broad SMARTS) is 1. The number of anilines is 1. The quantitative estimate of drug-likeness (QED) is 0.888. The van der Waals surface area contributed by atoms with Gasteiger partial charge in [0.05, 0.1) is 5.52 Å². The van der Waals surface area contributed by atoms with Crippen LogP contribution in [0.5, 0.6) is 0 Å². The lowest BCUT2D eigenvalue weighted by molar-refractivity contribution is -0.114. The molecule has 1 fully saturated rings. The molecule has 2 unspecified atom stereocenters. The van der Waals surface area contributed by atoms with Gasteiger partial charge in [-0.05, 0) is 30.5 Å². The smallest absolute Gasteiger partial charge is 0.341 e. The first kappa shape index (κ1) is 14.9. The van der Waals surface area contributed by atoms with Crippen molar-refractivity contribution < 1.29 is 14.7 Å². The van der Waals surface area contributed by atoms with Crippen LogP contribution in [0.3, 0.4) is 0 Å². The molecule has 1 saturated carbocycles. The molecule has 0 radical (unpaired) electrons. The van der Waals surface area contributed by atoms with Crippen molar-refractivity contribution in [1.29, 1.82) is 0 Å². The number of nitrogens with one attached hydrogen (secondary N) is 1. The van der Waals surface area contributed by atoms with Crippen LogP contribution in [0.15, 0.2) is 23.1 Å². The number of carboxylic acids is 1. The Morgan fingerprint density at radius 1 is 1.25 bits per heavy atom. The summed E-state index contributed by atoms with van der Waals surface area (Å²) < 4.78 is 1.98. The van der Waals surface area contributed by atoms with E-state index in [4.69, 9.17) is 0 Å². The Morgan fingerprint density at radius 3 is 2.71 bits per heavy atom. The second-order valence-electron chi connectivity index (χ2n) is 6.69. The predicted octanol–water partition coefficient (Wildman–Crippen LogP) is 2.87. The Balaban J connectivity index is 2.06. The normalized spacial score (nSPS) is 21.5. The molecule has 2 N–H and O–H groups in total. The summed E-state index contributed by atoms with van der Waals surface area (Å²) in [5, 5.41) is 12.5. The van der Waals surface area contributed by atoms with Crippen molar-refractivity contribution in [2.45, 2.75) is 44.6 Å². The number of carbonyl (C=O) groups excluding carboxylic acids is 1. The van der Waals surface area contributed by atoms with Crippen LogP contribution < -0.4 is 10.7 Å². The third kappa shape index (κ3) is 2.06. The summed E-state index contributed by atoms with van der Waals surface area (Å²) in [6, 6.07) is 3.74. The fourth-order valence-corrected chi connectivity index (χ4v) is 4.30. The van der Waals surface area contributed by atoms with Crippen LogP contribution >= 0.6 is 0 Å². The molecule has 0 bridgehead atoms. The maximum atomic E-state index is 12.6. The molecule has 1 aromatic carbocycles. The summed E-state index contributed by atoms with van der Waals surface area (Å²) in [6.07, 6.45) is 5.72. The van der Waals surface area contributed by atoms with Gasteiger partial charge in [0.15, 0.2) is 0 Å². The van der Waals surface area contributed by atoms with Crippen LogP contribution in [-0.4, -0.2) is 21.6 Å². The predicted molar refractivity (Wildman–Crippen MR) is 89.7 cm³/mol. The second-order valence-corrected chi connectivity index (χ2v) is 6.69. The zero-order chi connectivity index (χ0) is 17.0. The van der Waals surface area contributed by atoms with Gasteiger partial charge in [0.1, 0.15) is 5.56 Å². The van der Waals surface area contributed by atoms with Gasteiger partial charge in [0, 0.05) is 36.2 Å². The van der Waals surface area contributed by atoms with Crippen LogP contribution in [0.25, 0.3) is 10.9 Å². The highest BCUT2D eigenvalue weighted by atomic mass is 16.4. The first-order valence-electron chi connectivity index (χ1n) is 8.21. The van der Waals surface area contributed by atoms with Crippen LogP contribution in [0.1, 0.15) is 60.5 Å². The zero-order valence-electron chi connectivity index (χ0n) is 13.3. The fourth-order valence-electron chi connectivity index (χ4n) is 4.30. The minimum Gasteiger partial charge on any atom is -0.477 e. The number of rotatable bonds is 2. The van der Waals surface area contributed by atoms with Gasteiger partial charge in [-0.1, -0.05) is 12.8 Å². The number of nitrogens with zero attached hydrogens (tertiary/aromatic N) is 1. The third-order valence-corrected chi connectivity index (χ3v) is 5.19. The molecule has 6 heteroatoms. The van der Waals surface area contributed by atoms with Crippen LogP contribution in [-0.2, 0) is 4.79 Å².